The molecule has 0 unspecified atom stereocenters. The fourth-order valence-corrected chi connectivity index (χ4v) is 4.43. The standard InChI is InChI=1S/C25H29N5O/c1-18-23-21(17-22(20-10-11-20)26-24(23)28(2)27-18)25(31)30-15-13-29(14-16-30)12-6-9-19-7-4-3-5-8-19/h3-9,17,20H,10-16H2,1-2H3/b9-6+. The fourth-order valence-electron chi connectivity index (χ4n) is 4.43. The average molecular weight is 416 g/mol. The molecule has 31 heavy (non-hydrogen) atoms. The van der Waals surface area contributed by atoms with Crippen molar-refractivity contribution in [3.05, 3.63) is 65.0 Å². The summed E-state index contributed by atoms with van der Waals surface area (Å²) in [5, 5.41) is 5.45. The summed E-state index contributed by atoms with van der Waals surface area (Å²) in [6.07, 6.45) is 6.70. The lowest BCUT2D eigenvalue weighted by Crippen LogP contribution is -2.48. The SMILES string of the molecule is Cc1nn(C)c2nc(C3CC3)cc(C(=O)N3CCN(C/C=C/c4ccccc4)CC3)c12. The van der Waals surface area contributed by atoms with Gasteiger partial charge in [-0.2, -0.15) is 5.10 Å². The molecule has 1 amide bonds. The van der Waals surface area contributed by atoms with Crippen LogP contribution in [0.5, 0.6) is 0 Å². The Bertz CT molecular complexity index is 1120. The van der Waals surface area contributed by atoms with Crippen LogP contribution in [0.15, 0.2) is 42.5 Å². The van der Waals surface area contributed by atoms with Gasteiger partial charge in [0.1, 0.15) is 0 Å². The van der Waals surface area contributed by atoms with E-state index in [-0.39, 0.29) is 5.91 Å². The Kier molecular flexibility index (Phi) is 5.32. The molecule has 3 heterocycles. The summed E-state index contributed by atoms with van der Waals surface area (Å²) >= 11 is 0. The second kappa shape index (κ2) is 8.27. The van der Waals surface area contributed by atoms with Gasteiger partial charge in [0.05, 0.1) is 16.6 Å². The molecule has 5 rings (SSSR count). The highest BCUT2D eigenvalue weighted by molar-refractivity contribution is 6.06. The van der Waals surface area contributed by atoms with Crippen molar-refractivity contribution in [2.45, 2.75) is 25.7 Å². The maximum atomic E-state index is 13.5. The third-order valence-corrected chi connectivity index (χ3v) is 6.35. The van der Waals surface area contributed by atoms with Crippen LogP contribution >= 0.6 is 0 Å². The van der Waals surface area contributed by atoms with E-state index in [9.17, 15) is 4.79 Å². The number of hydrogen-bond donors (Lipinski definition) is 0. The summed E-state index contributed by atoms with van der Waals surface area (Å²) in [6, 6.07) is 12.4. The molecule has 1 saturated heterocycles. The number of nitrogens with zero attached hydrogens (tertiary/aromatic N) is 5. The third kappa shape index (κ3) is 4.12. The normalized spacial score (nSPS) is 17.7. The number of carbonyl (C=O) groups is 1. The van der Waals surface area contributed by atoms with Crippen LogP contribution in [0.2, 0.25) is 0 Å². The summed E-state index contributed by atoms with van der Waals surface area (Å²) in [7, 11) is 1.91. The first-order valence-corrected chi connectivity index (χ1v) is 11.2. The van der Waals surface area contributed by atoms with Gasteiger partial charge < -0.3 is 4.90 Å². The van der Waals surface area contributed by atoms with E-state index in [4.69, 9.17) is 4.98 Å². The molecule has 0 radical (unpaired) electrons. The highest BCUT2D eigenvalue weighted by atomic mass is 16.2. The van der Waals surface area contributed by atoms with Crippen molar-refractivity contribution >= 4 is 23.0 Å². The quantitative estimate of drug-likeness (QED) is 0.639. The van der Waals surface area contributed by atoms with Gasteiger partial charge >= 0.3 is 0 Å². The van der Waals surface area contributed by atoms with Gasteiger partial charge in [0.25, 0.3) is 5.91 Å². The number of piperazine rings is 1. The second-order valence-electron chi connectivity index (χ2n) is 8.68. The number of fused-ring (bicyclic) bond motifs is 1. The molecule has 0 bridgehead atoms. The summed E-state index contributed by atoms with van der Waals surface area (Å²) < 4.78 is 1.81. The zero-order valence-electron chi connectivity index (χ0n) is 18.3. The van der Waals surface area contributed by atoms with E-state index in [2.05, 4.69) is 46.4 Å². The van der Waals surface area contributed by atoms with Crippen molar-refractivity contribution in [1.29, 1.82) is 0 Å². The molecular formula is C25H29N5O. The lowest BCUT2D eigenvalue weighted by molar-refractivity contribution is 0.0652. The van der Waals surface area contributed by atoms with Gasteiger partial charge in [0, 0.05) is 51.4 Å². The number of hydrogen-bond acceptors (Lipinski definition) is 4. The van der Waals surface area contributed by atoms with Crippen molar-refractivity contribution < 1.29 is 4.79 Å². The largest absolute Gasteiger partial charge is 0.336 e. The molecule has 0 spiro atoms. The molecule has 160 valence electrons. The zero-order valence-corrected chi connectivity index (χ0v) is 18.3. The monoisotopic (exact) mass is 415 g/mol. The molecule has 2 aliphatic rings. The predicted molar refractivity (Wildman–Crippen MR) is 123 cm³/mol. The van der Waals surface area contributed by atoms with Gasteiger partial charge in [-0.15, -0.1) is 0 Å². The second-order valence-corrected chi connectivity index (χ2v) is 8.68. The van der Waals surface area contributed by atoms with E-state index < -0.39 is 0 Å². The molecule has 2 aromatic heterocycles. The minimum absolute atomic E-state index is 0.116. The average Bonchev–Trinajstić information content (AvgIpc) is 3.60. The first kappa shape index (κ1) is 19.9. The van der Waals surface area contributed by atoms with E-state index in [1.54, 1.807) is 0 Å². The summed E-state index contributed by atoms with van der Waals surface area (Å²) in [4.78, 5) is 22.7. The summed E-state index contributed by atoms with van der Waals surface area (Å²) in [5.41, 5.74) is 4.74. The molecule has 0 atom stereocenters. The summed E-state index contributed by atoms with van der Waals surface area (Å²) in [5.74, 6) is 0.615. The van der Waals surface area contributed by atoms with Gasteiger partial charge in [0.2, 0.25) is 0 Å². The van der Waals surface area contributed by atoms with E-state index in [1.165, 1.54) is 5.56 Å². The van der Waals surface area contributed by atoms with Gasteiger partial charge in [-0.25, -0.2) is 4.98 Å². The number of amides is 1. The highest BCUT2D eigenvalue weighted by Crippen LogP contribution is 2.40. The minimum Gasteiger partial charge on any atom is -0.336 e. The van der Waals surface area contributed by atoms with E-state index in [0.717, 1.165) is 73.6 Å². The Balaban J connectivity index is 1.28. The number of rotatable bonds is 5. The van der Waals surface area contributed by atoms with Gasteiger partial charge in [-0.1, -0.05) is 42.5 Å². The van der Waals surface area contributed by atoms with Gasteiger partial charge in [-0.3, -0.25) is 14.4 Å². The van der Waals surface area contributed by atoms with Crippen LogP contribution in [0.1, 0.15) is 46.1 Å². The van der Waals surface area contributed by atoms with Crippen LogP contribution in [0.25, 0.3) is 17.1 Å². The lowest BCUT2D eigenvalue weighted by Gasteiger charge is -2.34. The van der Waals surface area contributed by atoms with Crippen molar-refractivity contribution in [3.63, 3.8) is 0 Å². The smallest absolute Gasteiger partial charge is 0.254 e. The first-order chi connectivity index (χ1) is 15.1. The van der Waals surface area contributed by atoms with Crippen molar-refractivity contribution in [1.82, 2.24) is 24.6 Å². The van der Waals surface area contributed by atoms with Crippen LogP contribution in [0, 0.1) is 6.92 Å². The lowest BCUT2D eigenvalue weighted by atomic mass is 10.1. The minimum atomic E-state index is 0.116. The molecule has 1 aliphatic carbocycles. The molecular weight excluding hydrogens is 386 g/mol. The summed E-state index contributed by atoms with van der Waals surface area (Å²) in [6.45, 7) is 6.15. The van der Waals surface area contributed by atoms with E-state index in [1.807, 2.05) is 35.7 Å². The van der Waals surface area contributed by atoms with Gasteiger partial charge in [-0.05, 0) is 31.4 Å². The Labute approximate surface area is 183 Å². The number of pyridine rings is 1. The van der Waals surface area contributed by atoms with Crippen molar-refractivity contribution in [3.8, 4) is 0 Å². The topological polar surface area (TPSA) is 54.3 Å². The molecule has 3 aromatic rings. The predicted octanol–water partition coefficient (Wildman–Crippen LogP) is 3.63. The Morgan fingerprint density at radius 2 is 1.87 bits per heavy atom. The first-order valence-electron chi connectivity index (χ1n) is 11.2. The number of benzene rings is 1. The van der Waals surface area contributed by atoms with Crippen LogP contribution < -0.4 is 0 Å². The molecule has 1 aliphatic heterocycles. The van der Waals surface area contributed by atoms with Crippen LogP contribution in [0.3, 0.4) is 0 Å². The van der Waals surface area contributed by atoms with E-state index in [0.29, 0.717) is 5.92 Å². The van der Waals surface area contributed by atoms with Crippen molar-refractivity contribution in [2.75, 3.05) is 32.7 Å². The molecule has 6 heteroatoms. The molecule has 1 saturated carbocycles. The Hall–Kier alpha value is -2.99. The highest BCUT2D eigenvalue weighted by Gasteiger charge is 2.30. The van der Waals surface area contributed by atoms with E-state index >= 15 is 0 Å². The van der Waals surface area contributed by atoms with Crippen LogP contribution in [0.4, 0.5) is 0 Å². The van der Waals surface area contributed by atoms with Crippen LogP contribution in [-0.2, 0) is 7.05 Å². The fraction of sp³-hybridized carbons (Fsp3) is 0.400. The number of carbonyl (C=O) groups excluding carboxylic acids is 1. The Morgan fingerprint density at radius 3 is 2.58 bits per heavy atom. The Morgan fingerprint density at radius 1 is 1.13 bits per heavy atom. The third-order valence-electron chi connectivity index (χ3n) is 6.35. The molecule has 0 N–H and O–H groups in total. The van der Waals surface area contributed by atoms with Crippen LogP contribution in [-0.4, -0.2) is 63.2 Å². The number of aromatic nitrogens is 3. The number of aryl methyl sites for hydroxylation is 2. The molecule has 6 nitrogen and oxygen atoms in total. The zero-order chi connectivity index (χ0) is 21.4. The van der Waals surface area contributed by atoms with Gasteiger partial charge in [0.15, 0.2) is 5.65 Å². The molecule has 2 fully saturated rings. The maximum Gasteiger partial charge on any atom is 0.254 e. The van der Waals surface area contributed by atoms with Crippen molar-refractivity contribution in [2.24, 2.45) is 7.05 Å². The maximum absolute atomic E-state index is 13.5. The molecule has 1 aromatic carbocycles.